The van der Waals surface area contributed by atoms with Gasteiger partial charge in [0.05, 0.1) is 19.8 Å². The minimum Gasteiger partial charge on any atom is -0.496 e. The lowest BCUT2D eigenvalue weighted by Gasteiger charge is -2.06. The lowest BCUT2D eigenvalue weighted by molar-refractivity contribution is -0.131. The fourth-order valence-electron chi connectivity index (χ4n) is 1.27. The molecule has 1 aromatic carbocycles. The Hall–Kier alpha value is -2.30. The molecule has 0 saturated carbocycles. The molecule has 0 radical (unpaired) electrons. The van der Waals surface area contributed by atoms with Crippen LogP contribution in [-0.4, -0.2) is 31.3 Å². The molecule has 0 spiro atoms. The van der Waals surface area contributed by atoms with Crippen LogP contribution in [0, 0.1) is 0 Å². The van der Waals surface area contributed by atoms with E-state index < -0.39 is 11.9 Å². The second-order valence-electron chi connectivity index (χ2n) is 3.12. The van der Waals surface area contributed by atoms with E-state index in [-0.39, 0.29) is 0 Å². The second kappa shape index (κ2) is 5.69. The molecule has 0 amide bonds. The first-order valence-electron chi connectivity index (χ1n) is 4.76. The van der Waals surface area contributed by atoms with Gasteiger partial charge in [-0.25, -0.2) is 9.59 Å². The lowest BCUT2D eigenvalue weighted by Crippen LogP contribution is -2.02. The highest BCUT2D eigenvalue weighted by Crippen LogP contribution is 2.21. The van der Waals surface area contributed by atoms with Crippen molar-refractivity contribution in [2.75, 3.05) is 14.2 Å². The van der Waals surface area contributed by atoms with Gasteiger partial charge in [-0.15, -0.1) is 0 Å². The molecular weight excluding hydrogens is 224 g/mol. The number of benzene rings is 1. The average Bonchev–Trinajstić information content (AvgIpc) is 2.34. The number of hydrogen-bond donors (Lipinski definition) is 1. The SMILES string of the molecule is COC(=O)c1ccc(OC)c(C=CC(=O)O)c1. The van der Waals surface area contributed by atoms with Crippen LogP contribution < -0.4 is 4.74 Å². The van der Waals surface area contributed by atoms with Gasteiger partial charge >= 0.3 is 11.9 Å². The summed E-state index contributed by atoms with van der Waals surface area (Å²) in [5.41, 5.74) is 0.830. The standard InChI is InChI=1S/C12H12O5/c1-16-10-5-3-9(12(15)17-2)7-8(10)4-6-11(13)14/h3-7H,1-2H3,(H,13,14). The first kappa shape index (κ1) is 12.8. The zero-order valence-corrected chi connectivity index (χ0v) is 9.47. The van der Waals surface area contributed by atoms with E-state index in [1.807, 2.05) is 0 Å². The van der Waals surface area contributed by atoms with E-state index in [1.54, 1.807) is 12.1 Å². The molecule has 0 unspecified atom stereocenters. The zero-order valence-electron chi connectivity index (χ0n) is 9.47. The predicted molar refractivity (Wildman–Crippen MR) is 61.0 cm³/mol. The van der Waals surface area contributed by atoms with Crippen molar-refractivity contribution in [3.8, 4) is 5.75 Å². The van der Waals surface area contributed by atoms with Crippen LogP contribution in [-0.2, 0) is 9.53 Å². The zero-order chi connectivity index (χ0) is 12.8. The van der Waals surface area contributed by atoms with Crippen molar-refractivity contribution < 1.29 is 24.2 Å². The first-order chi connectivity index (χ1) is 8.08. The third kappa shape index (κ3) is 3.34. The monoisotopic (exact) mass is 236 g/mol. The van der Waals surface area contributed by atoms with Crippen LogP contribution in [0.1, 0.15) is 15.9 Å². The second-order valence-corrected chi connectivity index (χ2v) is 3.12. The van der Waals surface area contributed by atoms with Crippen molar-refractivity contribution in [2.45, 2.75) is 0 Å². The molecular formula is C12H12O5. The van der Waals surface area contributed by atoms with Crippen LogP contribution in [0.15, 0.2) is 24.3 Å². The summed E-state index contributed by atoms with van der Waals surface area (Å²) < 4.78 is 9.62. The highest BCUT2D eigenvalue weighted by molar-refractivity contribution is 5.91. The third-order valence-electron chi connectivity index (χ3n) is 2.06. The van der Waals surface area contributed by atoms with Crippen LogP contribution in [0.4, 0.5) is 0 Å². The Balaban J connectivity index is 3.15. The smallest absolute Gasteiger partial charge is 0.337 e. The molecule has 0 heterocycles. The van der Waals surface area contributed by atoms with Crippen molar-refractivity contribution in [2.24, 2.45) is 0 Å². The molecule has 0 aliphatic carbocycles. The molecule has 0 aliphatic rings. The summed E-state index contributed by atoms with van der Waals surface area (Å²) in [6.45, 7) is 0. The first-order valence-corrected chi connectivity index (χ1v) is 4.76. The van der Waals surface area contributed by atoms with Gasteiger partial charge in [-0.2, -0.15) is 0 Å². The normalized spacial score (nSPS) is 10.2. The van der Waals surface area contributed by atoms with Crippen molar-refractivity contribution in [3.63, 3.8) is 0 Å². The van der Waals surface area contributed by atoms with Gasteiger partial charge in [-0.1, -0.05) is 0 Å². The van der Waals surface area contributed by atoms with E-state index in [1.165, 1.54) is 26.4 Å². The van der Waals surface area contributed by atoms with Gasteiger partial charge in [0.2, 0.25) is 0 Å². The number of esters is 1. The number of carbonyl (C=O) groups is 2. The van der Waals surface area contributed by atoms with Crippen LogP contribution >= 0.6 is 0 Å². The molecule has 1 aromatic rings. The molecule has 0 fully saturated rings. The molecule has 17 heavy (non-hydrogen) atoms. The largest absolute Gasteiger partial charge is 0.496 e. The van der Waals surface area contributed by atoms with E-state index >= 15 is 0 Å². The molecule has 0 aliphatic heterocycles. The maximum atomic E-state index is 11.3. The summed E-state index contributed by atoms with van der Waals surface area (Å²) >= 11 is 0. The Kier molecular flexibility index (Phi) is 4.28. The summed E-state index contributed by atoms with van der Waals surface area (Å²) in [7, 11) is 2.74. The lowest BCUT2D eigenvalue weighted by atomic mass is 10.1. The Labute approximate surface area is 98.3 Å². The molecule has 5 heteroatoms. The maximum absolute atomic E-state index is 11.3. The van der Waals surface area contributed by atoms with Crippen LogP contribution in [0.5, 0.6) is 5.75 Å². The van der Waals surface area contributed by atoms with Gasteiger partial charge in [0.25, 0.3) is 0 Å². The summed E-state index contributed by atoms with van der Waals surface area (Å²) in [5.74, 6) is -1.08. The Bertz CT molecular complexity index is 462. The number of carbonyl (C=O) groups excluding carboxylic acids is 1. The highest BCUT2D eigenvalue weighted by atomic mass is 16.5. The Morgan fingerprint density at radius 2 is 2.00 bits per heavy atom. The van der Waals surface area contributed by atoms with Crippen molar-refractivity contribution >= 4 is 18.0 Å². The van der Waals surface area contributed by atoms with Crippen LogP contribution in [0.3, 0.4) is 0 Å². The number of rotatable bonds is 4. The van der Waals surface area contributed by atoms with Gasteiger partial charge in [-0.05, 0) is 24.3 Å². The molecule has 1 rings (SSSR count). The number of carboxylic acids is 1. The summed E-state index contributed by atoms with van der Waals surface area (Å²) in [6.07, 6.45) is 2.33. The summed E-state index contributed by atoms with van der Waals surface area (Å²) in [6, 6.07) is 4.63. The van der Waals surface area contributed by atoms with E-state index in [4.69, 9.17) is 9.84 Å². The number of ether oxygens (including phenoxy) is 2. The molecule has 5 nitrogen and oxygen atoms in total. The van der Waals surface area contributed by atoms with Gasteiger partial charge < -0.3 is 14.6 Å². The number of carboxylic acid groups (broad SMARTS) is 1. The van der Waals surface area contributed by atoms with E-state index in [0.717, 1.165) is 6.08 Å². The minimum atomic E-state index is -1.07. The number of hydrogen-bond acceptors (Lipinski definition) is 4. The third-order valence-corrected chi connectivity index (χ3v) is 2.06. The molecule has 0 atom stereocenters. The van der Waals surface area contributed by atoms with E-state index in [9.17, 15) is 9.59 Å². The molecule has 0 aromatic heterocycles. The van der Waals surface area contributed by atoms with Gasteiger partial charge in [0.1, 0.15) is 5.75 Å². The van der Waals surface area contributed by atoms with Crippen LogP contribution in [0.25, 0.3) is 6.08 Å². The Morgan fingerprint density at radius 3 is 2.53 bits per heavy atom. The van der Waals surface area contributed by atoms with Crippen molar-refractivity contribution in [3.05, 3.63) is 35.4 Å². The summed E-state index contributed by atoms with van der Waals surface area (Å²) in [4.78, 5) is 21.7. The number of aliphatic carboxylic acids is 1. The van der Waals surface area contributed by atoms with Crippen molar-refractivity contribution in [1.82, 2.24) is 0 Å². The van der Waals surface area contributed by atoms with E-state index in [0.29, 0.717) is 16.9 Å². The molecule has 0 bridgehead atoms. The van der Waals surface area contributed by atoms with Gasteiger partial charge in [-0.3, -0.25) is 0 Å². The average molecular weight is 236 g/mol. The molecule has 0 saturated heterocycles. The predicted octanol–water partition coefficient (Wildman–Crippen LogP) is 1.58. The van der Waals surface area contributed by atoms with Gasteiger partial charge in [0, 0.05) is 11.6 Å². The maximum Gasteiger partial charge on any atom is 0.337 e. The summed E-state index contributed by atoms with van der Waals surface area (Å²) in [5, 5.41) is 8.54. The topological polar surface area (TPSA) is 72.8 Å². The van der Waals surface area contributed by atoms with Crippen LogP contribution in [0.2, 0.25) is 0 Å². The van der Waals surface area contributed by atoms with Crippen molar-refractivity contribution in [1.29, 1.82) is 0 Å². The molecule has 1 N–H and O–H groups in total. The number of methoxy groups -OCH3 is 2. The van der Waals surface area contributed by atoms with Gasteiger partial charge in [0.15, 0.2) is 0 Å². The quantitative estimate of drug-likeness (QED) is 0.634. The minimum absolute atomic E-state index is 0.332. The Morgan fingerprint density at radius 1 is 1.29 bits per heavy atom. The van der Waals surface area contributed by atoms with E-state index in [2.05, 4.69) is 4.74 Å². The fourth-order valence-corrected chi connectivity index (χ4v) is 1.27. The fraction of sp³-hybridized carbons (Fsp3) is 0.167. The molecule has 90 valence electrons. The highest BCUT2D eigenvalue weighted by Gasteiger charge is 2.08.